The maximum atomic E-state index is 14.3. The molecule has 1 aromatic heterocycles. The molecule has 0 aliphatic rings. The molecule has 0 atom stereocenters. The van der Waals surface area contributed by atoms with Crippen LogP contribution in [0.1, 0.15) is 0 Å². The Morgan fingerprint density at radius 1 is 0.465 bits per heavy atom. The first-order valence-corrected chi connectivity index (χ1v) is 10.2. The van der Waals surface area contributed by atoms with Crippen molar-refractivity contribution in [3.8, 4) is 28.5 Å². The minimum Gasteiger partial charge on any atom is -0.457 e. The normalized spacial score (nSPS) is 13.1. The average molecular weight is 660 g/mol. The summed E-state index contributed by atoms with van der Waals surface area (Å²) in [6.45, 7) is -3.33. The maximum absolute atomic E-state index is 14.3. The Kier molecular flexibility index (Phi) is 8.26. The molecule has 2 aromatic carbocycles. The summed E-state index contributed by atoms with van der Waals surface area (Å²) in [6, 6.07) is -2.51. The summed E-state index contributed by atoms with van der Waals surface area (Å²) < 4.78 is 261. The van der Waals surface area contributed by atoms with Gasteiger partial charge in [-0.25, -0.2) is 43.9 Å². The second-order valence-electron chi connectivity index (χ2n) is 7.95. The molecule has 3 aromatic rings. The number of alkyl halides is 9. The van der Waals surface area contributed by atoms with Gasteiger partial charge in [-0.05, 0) is 6.07 Å². The highest BCUT2D eigenvalue weighted by Crippen LogP contribution is 2.53. The lowest BCUT2D eigenvalue weighted by Crippen LogP contribution is -2.62. The van der Waals surface area contributed by atoms with Crippen LogP contribution in [-0.4, -0.2) is 40.5 Å². The van der Waals surface area contributed by atoms with E-state index >= 15 is 0 Å². The van der Waals surface area contributed by atoms with E-state index in [0.29, 0.717) is 0 Å². The molecular formula is C21H3F19N2O. The maximum Gasteiger partial charge on any atom is 0.460 e. The fraction of sp³-hybridized carbons (Fsp3) is 0.238. The predicted octanol–water partition coefficient (Wildman–Crippen LogP) is 8.05. The molecule has 0 aliphatic carbocycles. The van der Waals surface area contributed by atoms with E-state index in [1.54, 1.807) is 0 Å². The molecule has 0 aliphatic heterocycles. The van der Waals surface area contributed by atoms with Crippen LogP contribution < -0.4 is 4.74 Å². The topological polar surface area (TPSA) is 35.0 Å². The first-order chi connectivity index (χ1) is 19.4. The molecule has 0 fully saturated rings. The van der Waals surface area contributed by atoms with Crippen molar-refractivity contribution in [1.29, 1.82) is 0 Å². The molecule has 0 amide bonds. The summed E-state index contributed by atoms with van der Waals surface area (Å²) in [6.07, 6.45) is -7.30. The summed E-state index contributed by atoms with van der Waals surface area (Å²) in [4.78, 5) is 5.43. The van der Waals surface area contributed by atoms with E-state index in [1.807, 2.05) is 0 Å². The van der Waals surface area contributed by atoms with Crippen molar-refractivity contribution in [3.05, 3.63) is 64.2 Å². The van der Waals surface area contributed by atoms with Crippen molar-refractivity contribution in [1.82, 2.24) is 9.97 Å². The predicted molar refractivity (Wildman–Crippen MR) is 98.9 cm³/mol. The Bertz CT molecular complexity index is 1450. The smallest absolute Gasteiger partial charge is 0.457 e. The van der Waals surface area contributed by atoms with Crippen LogP contribution in [0.3, 0.4) is 0 Å². The number of ether oxygens (including phenoxy) is 1. The highest BCUT2D eigenvalue weighted by molar-refractivity contribution is 5.70. The molecule has 0 saturated carbocycles. The van der Waals surface area contributed by atoms with Gasteiger partial charge in [-0.2, -0.15) is 49.5 Å². The van der Waals surface area contributed by atoms with Gasteiger partial charge in [-0.3, -0.25) is 0 Å². The molecule has 22 heteroatoms. The monoisotopic (exact) mass is 660 g/mol. The van der Waals surface area contributed by atoms with Crippen molar-refractivity contribution in [2.24, 2.45) is 0 Å². The van der Waals surface area contributed by atoms with Crippen LogP contribution >= 0.6 is 0 Å². The van der Waals surface area contributed by atoms with Crippen LogP contribution in [0.4, 0.5) is 83.4 Å². The van der Waals surface area contributed by atoms with Gasteiger partial charge >= 0.3 is 30.0 Å². The van der Waals surface area contributed by atoms with Crippen LogP contribution in [0.25, 0.3) is 22.5 Å². The summed E-state index contributed by atoms with van der Waals surface area (Å²) in [5.41, 5.74) is -8.27. The van der Waals surface area contributed by atoms with Crippen LogP contribution in [0, 0.1) is 58.2 Å². The standard InChI is InChI=1S/C21H3F19N2O/c22-7-5(8(23)12(27)15(30)11(7)26)3-1-4(6-9(24)13(28)16(31)14(29)10(6)25)42-17(41-3)43-2-18(32,33)19(34,35)20(36,37)21(38,39)40/h1H,2H2. The molecule has 0 N–H and O–H groups in total. The van der Waals surface area contributed by atoms with Gasteiger partial charge in [0.2, 0.25) is 11.6 Å². The molecule has 1 heterocycles. The zero-order valence-corrected chi connectivity index (χ0v) is 19.3. The third-order valence-electron chi connectivity index (χ3n) is 5.23. The molecule has 0 spiro atoms. The fourth-order valence-corrected chi connectivity index (χ4v) is 3.06. The van der Waals surface area contributed by atoms with Crippen LogP contribution in [0.15, 0.2) is 6.07 Å². The van der Waals surface area contributed by atoms with Crippen molar-refractivity contribution in [3.63, 3.8) is 0 Å². The lowest BCUT2D eigenvalue weighted by molar-refractivity contribution is -0.398. The molecule has 0 unspecified atom stereocenters. The molecule has 0 bridgehead atoms. The van der Waals surface area contributed by atoms with Crippen LogP contribution in [-0.2, 0) is 0 Å². The lowest BCUT2D eigenvalue weighted by atomic mass is 10.0. The number of halogens is 19. The van der Waals surface area contributed by atoms with Gasteiger partial charge in [0.25, 0.3) is 0 Å². The van der Waals surface area contributed by atoms with E-state index < -0.39 is 117 Å². The van der Waals surface area contributed by atoms with Crippen LogP contribution in [0.5, 0.6) is 6.01 Å². The molecule has 43 heavy (non-hydrogen) atoms. The Labute approximate surface area is 222 Å². The van der Waals surface area contributed by atoms with Gasteiger partial charge in [0.15, 0.2) is 53.1 Å². The second kappa shape index (κ2) is 10.6. The third kappa shape index (κ3) is 5.23. The van der Waals surface area contributed by atoms with E-state index in [-0.39, 0.29) is 6.07 Å². The highest BCUT2D eigenvalue weighted by Gasteiger charge is 2.82. The van der Waals surface area contributed by atoms with Crippen LogP contribution in [0.2, 0.25) is 0 Å². The number of hydrogen-bond donors (Lipinski definition) is 0. The van der Waals surface area contributed by atoms with Crippen molar-refractivity contribution in [2.75, 3.05) is 6.61 Å². The van der Waals surface area contributed by atoms with E-state index in [0.717, 1.165) is 0 Å². The van der Waals surface area contributed by atoms with E-state index in [4.69, 9.17) is 0 Å². The summed E-state index contributed by atoms with van der Waals surface area (Å²) in [5.74, 6) is -49.6. The number of rotatable bonds is 7. The molecule has 3 rings (SSSR count). The Balaban J connectivity index is 2.29. The average Bonchev–Trinajstić information content (AvgIpc) is 2.91. The van der Waals surface area contributed by atoms with Gasteiger partial charge in [-0.15, -0.1) is 0 Å². The van der Waals surface area contributed by atoms with Crippen molar-refractivity contribution in [2.45, 2.75) is 23.9 Å². The van der Waals surface area contributed by atoms with Crippen molar-refractivity contribution >= 4 is 0 Å². The summed E-state index contributed by atoms with van der Waals surface area (Å²) >= 11 is 0. The number of hydrogen-bond acceptors (Lipinski definition) is 3. The minimum atomic E-state index is -7.47. The Hall–Kier alpha value is -4.01. The zero-order chi connectivity index (χ0) is 33.2. The van der Waals surface area contributed by atoms with Gasteiger partial charge in [0.05, 0.1) is 22.5 Å². The SMILES string of the molecule is Fc1c(F)c(F)c(-c2cc(-c3c(F)c(F)c(F)c(F)c3F)nc(OCC(F)(F)C(F)(F)C(F)(F)C(F)(F)F)n2)c(F)c1F. The molecular weight excluding hydrogens is 657 g/mol. The largest absolute Gasteiger partial charge is 0.460 e. The van der Waals surface area contributed by atoms with Crippen molar-refractivity contribution < 1.29 is 88.2 Å². The fourth-order valence-electron chi connectivity index (χ4n) is 3.06. The molecule has 3 nitrogen and oxygen atoms in total. The summed E-state index contributed by atoms with van der Waals surface area (Å²) in [7, 11) is 0. The van der Waals surface area contributed by atoms with Gasteiger partial charge in [-0.1, -0.05) is 0 Å². The highest BCUT2D eigenvalue weighted by atomic mass is 19.4. The quantitative estimate of drug-likeness (QED) is 0.146. The third-order valence-corrected chi connectivity index (χ3v) is 5.23. The number of aromatic nitrogens is 2. The van der Waals surface area contributed by atoms with Gasteiger partial charge < -0.3 is 4.74 Å². The molecule has 236 valence electrons. The summed E-state index contributed by atoms with van der Waals surface area (Å²) in [5, 5.41) is 0. The van der Waals surface area contributed by atoms with E-state index in [2.05, 4.69) is 14.7 Å². The Morgan fingerprint density at radius 3 is 1.07 bits per heavy atom. The minimum absolute atomic E-state index is 0.284. The van der Waals surface area contributed by atoms with E-state index in [9.17, 15) is 83.4 Å². The molecule has 0 saturated heterocycles. The first-order valence-electron chi connectivity index (χ1n) is 10.2. The van der Waals surface area contributed by atoms with Gasteiger partial charge in [0, 0.05) is 0 Å². The van der Waals surface area contributed by atoms with Gasteiger partial charge in [0.1, 0.15) is 0 Å². The Morgan fingerprint density at radius 2 is 0.767 bits per heavy atom. The first kappa shape index (κ1) is 33.5. The van der Waals surface area contributed by atoms with E-state index in [1.165, 1.54) is 0 Å². The molecule has 0 radical (unpaired) electrons. The number of benzene rings is 2. The lowest BCUT2D eigenvalue weighted by Gasteiger charge is -2.33. The second-order valence-corrected chi connectivity index (χ2v) is 7.95. The zero-order valence-electron chi connectivity index (χ0n) is 19.3. The number of nitrogens with zero attached hydrogens (tertiary/aromatic N) is 2.